The second-order valence-corrected chi connectivity index (χ2v) is 8.27. The molecule has 31 heavy (non-hydrogen) atoms. The van der Waals surface area contributed by atoms with Gasteiger partial charge in [-0.05, 0) is 74.1 Å². The van der Waals surface area contributed by atoms with Gasteiger partial charge < -0.3 is 9.84 Å². The normalized spacial score (nSPS) is 20.2. The van der Waals surface area contributed by atoms with Crippen LogP contribution in [0.5, 0.6) is 5.75 Å². The minimum Gasteiger partial charge on any atom is -0.491 e. The first-order chi connectivity index (χ1) is 14.9. The maximum Gasteiger partial charge on any atom is 0.200 e. The molecule has 3 rings (SSSR count). The summed E-state index contributed by atoms with van der Waals surface area (Å²) < 4.78 is 48.1. The van der Waals surface area contributed by atoms with Crippen molar-refractivity contribution in [2.45, 2.75) is 64.4 Å². The molecule has 0 bridgehead atoms. The number of benzene rings is 2. The van der Waals surface area contributed by atoms with E-state index in [1.54, 1.807) is 19.1 Å². The summed E-state index contributed by atoms with van der Waals surface area (Å²) in [5.74, 6) is -1.82. The Morgan fingerprint density at radius 2 is 1.77 bits per heavy atom. The molecule has 2 nitrogen and oxygen atoms in total. The zero-order valence-corrected chi connectivity index (χ0v) is 18.2. The lowest BCUT2D eigenvalue weighted by Gasteiger charge is -2.27. The van der Waals surface area contributed by atoms with E-state index in [0.29, 0.717) is 30.1 Å². The highest BCUT2D eigenvalue weighted by atomic mass is 19.2. The molecule has 2 aromatic carbocycles. The van der Waals surface area contributed by atoms with Crippen LogP contribution in [-0.4, -0.2) is 11.7 Å². The highest BCUT2D eigenvalue weighted by Gasteiger charge is 2.25. The Hall–Kier alpha value is -2.27. The number of ether oxygens (including phenoxy) is 1. The molecule has 0 amide bonds. The van der Waals surface area contributed by atoms with E-state index in [9.17, 15) is 18.3 Å². The molecule has 1 atom stereocenters. The molecular weight excluding hydrogens is 401 g/mol. The zero-order valence-electron chi connectivity index (χ0n) is 18.2. The van der Waals surface area contributed by atoms with Gasteiger partial charge in [0.05, 0.1) is 12.7 Å². The molecule has 1 fully saturated rings. The molecule has 1 aliphatic rings. The Morgan fingerprint density at radius 1 is 1.03 bits per heavy atom. The van der Waals surface area contributed by atoms with Crippen LogP contribution >= 0.6 is 0 Å². The maximum absolute atomic E-state index is 14.5. The van der Waals surface area contributed by atoms with Crippen molar-refractivity contribution in [1.82, 2.24) is 0 Å². The summed E-state index contributed by atoms with van der Waals surface area (Å²) in [5, 5.41) is 10.0. The van der Waals surface area contributed by atoms with Gasteiger partial charge >= 0.3 is 0 Å². The second-order valence-electron chi connectivity index (χ2n) is 8.27. The van der Waals surface area contributed by atoms with Crippen LogP contribution in [-0.2, 0) is 0 Å². The monoisotopic (exact) mass is 432 g/mol. The standard InChI is InChI=1S/C26H31F3O2/c1-3-5-23(30)21-13-10-18(16-22(21)27)7-6-17-8-11-19(12-9-17)20-14-15-24(31-4-2)26(29)25(20)28/h6-7,10,13-17,19,23,30H,3-5,8-9,11-12H2,1-2H3/b7-6+. The van der Waals surface area contributed by atoms with E-state index in [1.807, 2.05) is 19.1 Å². The number of aliphatic hydroxyl groups excluding tert-OH is 1. The van der Waals surface area contributed by atoms with Crippen LogP contribution in [0.15, 0.2) is 36.4 Å². The lowest BCUT2D eigenvalue weighted by atomic mass is 9.78. The van der Waals surface area contributed by atoms with E-state index in [4.69, 9.17) is 4.74 Å². The van der Waals surface area contributed by atoms with Gasteiger partial charge in [0.2, 0.25) is 5.82 Å². The summed E-state index contributed by atoms with van der Waals surface area (Å²) in [6.07, 6.45) is 7.81. The molecule has 0 aromatic heterocycles. The van der Waals surface area contributed by atoms with Crippen molar-refractivity contribution < 1.29 is 23.0 Å². The number of halogens is 3. The van der Waals surface area contributed by atoms with E-state index < -0.39 is 17.7 Å². The molecule has 1 N–H and O–H groups in total. The molecule has 5 heteroatoms. The molecular formula is C26H31F3O2. The molecule has 1 saturated carbocycles. The van der Waals surface area contributed by atoms with Gasteiger partial charge in [0.25, 0.3) is 0 Å². The highest BCUT2D eigenvalue weighted by molar-refractivity contribution is 5.50. The van der Waals surface area contributed by atoms with Crippen molar-refractivity contribution in [3.8, 4) is 5.75 Å². The summed E-state index contributed by atoms with van der Waals surface area (Å²) in [6.45, 7) is 3.98. The van der Waals surface area contributed by atoms with Gasteiger partial charge in [-0.1, -0.05) is 43.7 Å². The van der Waals surface area contributed by atoms with Gasteiger partial charge in [0.1, 0.15) is 5.82 Å². The Balaban J connectivity index is 1.60. The van der Waals surface area contributed by atoms with Crippen LogP contribution < -0.4 is 4.74 Å². The fraction of sp³-hybridized carbons (Fsp3) is 0.462. The fourth-order valence-corrected chi connectivity index (χ4v) is 4.35. The van der Waals surface area contributed by atoms with Crippen molar-refractivity contribution >= 4 is 6.08 Å². The average molecular weight is 433 g/mol. The molecule has 168 valence electrons. The van der Waals surface area contributed by atoms with Crippen LogP contribution in [0.3, 0.4) is 0 Å². The summed E-state index contributed by atoms with van der Waals surface area (Å²) in [6, 6.07) is 8.07. The topological polar surface area (TPSA) is 29.5 Å². The highest BCUT2D eigenvalue weighted by Crippen LogP contribution is 2.39. The van der Waals surface area contributed by atoms with E-state index in [2.05, 4.69) is 6.08 Å². The minimum absolute atomic E-state index is 0.00777. The second kappa shape index (κ2) is 10.9. The molecule has 0 radical (unpaired) electrons. The van der Waals surface area contributed by atoms with Crippen LogP contribution in [0.25, 0.3) is 6.08 Å². The molecule has 0 spiro atoms. The van der Waals surface area contributed by atoms with Crippen LogP contribution in [0.2, 0.25) is 0 Å². The Morgan fingerprint density at radius 3 is 2.42 bits per heavy atom. The van der Waals surface area contributed by atoms with Gasteiger partial charge in [-0.25, -0.2) is 8.78 Å². The molecule has 1 unspecified atom stereocenters. The summed E-state index contributed by atoms with van der Waals surface area (Å²) in [4.78, 5) is 0. The first-order valence-electron chi connectivity index (χ1n) is 11.2. The van der Waals surface area contributed by atoms with Crippen molar-refractivity contribution in [3.05, 3.63) is 70.5 Å². The first-order valence-corrected chi connectivity index (χ1v) is 11.2. The van der Waals surface area contributed by atoms with Gasteiger partial charge in [-0.15, -0.1) is 0 Å². The third-order valence-electron chi connectivity index (χ3n) is 6.09. The lowest BCUT2D eigenvalue weighted by molar-refractivity contribution is 0.162. The third-order valence-corrected chi connectivity index (χ3v) is 6.09. The first kappa shape index (κ1) is 23.4. The average Bonchev–Trinajstić information content (AvgIpc) is 2.76. The van der Waals surface area contributed by atoms with Gasteiger partial charge in [-0.3, -0.25) is 0 Å². The zero-order chi connectivity index (χ0) is 22.4. The third kappa shape index (κ3) is 5.70. The van der Waals surface area contributed by atoms with Gasteiger partial charge in [0.15, 0.2) is 11.6 Å². The predicted molar refractivity (Wildman–Crippen MR) is 118 cm³/mol. The van der Waals surface area contributed by atoms with Crippen LogP contribution in [0, 0.1) is 23.4 Å². The van der Waals surface area contributed by atoms with E-state index in [0.717, 1.165) is 37.7 Å². The van der Waals surface area contributed by atoms with Crippen molar-refractivity contribution in [3.63, 3.8) is 0 Å². The quantitative estimate of drug-likeness (QED) is 0.473. The van der Waals surface area contributed by atoms with Gasteiger partial charge in [-0.2, -0.15) is 4.39 Å². The van der Waals surface area contributed by atoms with Crippen molar-refractivity contribution in [2.24, 2.45) is 5.92 Å². The van der Waals surface area contributed by atoms with Gasteiger partial charge in [0, 0.05) is 5.56 Å². The SMILES string of the molecule is CCCC(O)c1ccc(/C=C/C2CCC(c3ccc(OCC)c(F)c3F)CC2)cc1F. The van der Waals surface area contributed by atoms with Crippen LogP contribution in [0.4, 0.5) is 13.2 Å². The minimum atomic E-state index is -0.907. The number of hydrogen-bond donors (Lipinski definition) is 1. The summed E-state index contributed by atoms with van der Waals surface area (Å²) in [7, 11) is 0. The van der Waals surface area contributed by atoms with Crippen molar-refractivity contribution in [1.29, 1.82) is 0 Å². The molecule has 1 aliphatic carbocycles. The summed E-state index contributed by atoms with van der Waals surface area (Å²) in [5.41, 5.74) is 1.52. The van der Waals surface area contributed by atoms with E-state index >= 15 is 0 Å². The molecule has 0 saturated heterocycles. The van der Waals surface area contributed by atoms with E-state index in [-0.39, 0.29) is 17.5 Å². The number of aliphatic hydroxyl groups is 1. The predicted octanol–water partition coefficient (Wildman–Crippen LogP) is 7.32. The molecule has 0 heterocycles. The number of allylic oxidation sites excluding steroid dienone is 1. The Kier molecular flexibility index (Phi) is 8.19. The van der Waals surface area contributed by atoms with Crippen LogP contribution in [0.1, 0.15) is 81.1 Å². The Bertz CT molecular complexity index is 902. The number of rotatable bonds is 8. The largest absolute Gasteiger partial charge is 0.491 e. The number of hydrogen-bond acceptors (Lipinski definition) is 2. The Labute approximate surface area is 182 Å². The lowest BCUT2D eigenvalue weighted by Crippen LogP contribution is -2.14. The molecule has 0 aliphatic heterocycles. The fourth-order valence-electron chi connectivity index (χ4n) is 4.35. The molecule has 2 aromatic rings. The summed E-state index contributed by atoms with van der Waals surface area (Å²) >= 11 is 0. The van der Waals surface area contributed by atoms with E-state index in [1.165, 1.54) is 12.1 Å². The van der Waals surface area contributed by atoms with Crippen molar-refractivity contribution in [2.75, 3.05) is 6.61 Å². The smallest absolute Gasteiger partial charge is 0.200 e. The maximum atomic E-state index is 14.5.